The van der Waals surface area contributed by atoms with Gasteiger partial charge in [0.15, 0.2) is 17.4 Å². The fraction of sp³-hybridized carbons (Fsp3) is 0.312. The van der Waals surface area contributed by atoms with E-state index in [-0.39, 0.29) is 6.54 Å². The largest absolute Gasteiger partial charge is 0.417 e. The summed E-state index contributed by atoms with van der Waals surface area (Å²) in [4.78, 5) is 5.31. The molecule has 0 aliphatic rings. The van der Waals surface area contributed by atoms with Crippen molar-refractivity contribution in [2.24, 2.45) is 4.99 Å². The van der Waals surface area contributed by atoms with Crippen LogP contribution in [0.15, 0.2) is 34.8 Å². The van der Waals surface area contributed by atoms with E-state index < -0.39 is 11.7 Å². The van der Waals surface area contributed by atoms with Crippen molar-refractivity contribution in [3.8, 4) is 0 Å². The van der Waals surface area contributed by atoms with Gasteiger partial charge in [0.1, 0.15) is 0 Å². The molecule has 3 heterocycles. The maximum absolute atomic E-state index is 12.9. The third-order valence-corrected chi connectivity index (χ3v) is 4.85. The Balaban J connectivity index is 1.69. The molecule has 0 unspecified atom stereocenters. The highest BCUT2D eigenvalue weighted by molar-refractivity contribution is 7.10. The summed E-state index contributed by atoms with van der Waals surface area (Å²) in [5.74, 6) is 0.892. The molecule has 0 atom stereocenters. The van der Waals surface area contributed by atoms with Crippen LogP contribution in [0.3, 0.4) is 0 Å². The summed E-state index contributed by atoms with van der Waals surface area (Å²) in [5.41, 5.74) is 0.801. The second kappa shape index (κ2) is 7.32. The number of hydrogen-bond donors (Lipinski definition) is 2. The van der Waals surface area contributed by atoms with Gasteiger partial charge in [-0.15, -0.1) is 21.5 Å². The van der Waals surface area contributed by atoms with E-state index in [1.54, 1.807) is 18.4 Å². The summed E-state index contributed by atoms with van der Waals surface area (Å²) in [7, 11) is 1.63. The Morgan fingerprint density at radius 3 is 2.62 bits per heavy atom. The standard InChI is InChI=1S/C16H17F3N6S/c1-10-5-6-26-12(10)7-21-15(20-2)22-8-14-24-23-13-4-3-11(9-25(13)14)16(17,18)19/h3-6,9H,7-8H2,1-2H3,(H2,20,21,22). The maximum atomic E-state index is 12.9. The number of fused-ring (bicyclic) bond motifs is 1. The van der Waals surface area contributed by atoms with Crippen LogP contribution < -0.4 is 10.6 Å². The van der Waals surface area contributed by atoms with Crippen molar-refractivity contribution in [1.29, 1.82) is 0 Å². The summed E-state index contributed by atoms with van der Waals surface area (Å²) in [6, 6.07) is 4.33. The van der Waals surface area contributed by atoms with E-state index in [1.807, 2.05) is 18.4 Å². The topological polar surface area (TPSA) is 66.6 Å². The summed E-state index contributed by atoms with van der Waals surface area (Å²) in [6.07, 6.45) is -3.42. The number of thiophene rings is 1. The number of guanidine groups is 1. The molecule has 3 aromatic heterocycles. The molecule has 0 aliphatic carbocycles. The minimum atomic E-state index is -4.42. The van der Waals surface area contributed by atoms with Crippen molar-refractivity contribution in [3.05, 3.63) is 51.6 Å². The monoisotopic (exact) mass is 382 g/mol. The molecule has 0 saturated heterocycles. The number of pyridine rings is 1. The van der Waals surface area contributed by atoms with E-state index in [1.165, 1.54) is 20.9 Å². The van der Waals surface area contributed by atoms with Crippen LogP contribution in [-0.2, 0) is 19.3 Å². The van der Waals surface area contributed by atoms with Crippen LogP contribution in [0.2, 0.25) is 0 Å². The van der Waals surface area contributed by atoms with E-state index in [0.717, 1.165) is 12.3 Å². The first-order chi connectivity index (χ1) is 12.4. The van der Waals surface area contributed by atoms with Gasteiger partial charge < -0.3 is 10.6 Å². The van der Waals surface area contributed by atoms with E-state index in [2.05, 4.69) is 25.8 Å². The third-order valence-electron chi connectivity index (χ3n) is 3.82. The number of nitrogens with one attached hydrogen (secondary N) is 2. The van der Waals surface area contributed by atoms with Crippen molar-refractivity contribution in [2.45, 2.75) is 26.2 Å². The average molecular weight is 382 g/mol. The van der Waals surface area contributed by atoms with Gasteiger partial charge in [0.2, 0.25) is 0 Å². The number of alkyl halides is 3. The Kier molecular flexibility index (Phi) is 5.12. The van der Waals surface area contributed by atoms with Gasteiger partial charge in [-0.1, -0.05) is 0 Å². The van der Waals surface area contributed by atoms with Gasteiger partial charge in [-0.25, -0.2) is 0 Å². The van der Waals surface area contributed by atoms with Gasteiger partial charge >= 0.3 is 6.18 Å². The maximum Gasteiger partial charge on any atom is 0.417 e. The summed E-state index contributed by atoms with van der Waals surface area (Å²) in [6.45, 7) is 2.83. The number of hydrogen-bond acceptors (Lipinski definition) is 4. The van der Waals surface area contributed by atoms with Gasteiger partial charge in [0.05, 0.1) is 18.7 Å². The lowest BCUT2D eigenvalue weighted by Crippen LogP contribution is -2.36. The van der Waals surface area contributed by atoms with E-state index in [9.17, 15) is 13.2 Å². The van der Waals surface area contributed by atoms with E-state index in [4.69, 9.17) is 0 Å². The summed E-state index contributed by atoms with van der Waals surface area (Å²) < 4.78 is 40.0. The van der Waals surface area contributed by atoms with Crippen molar-refractivity contribution < 1.29 is 13.2 Å². The Morgan fingerprint density at radius 2 is 1.96 bits per heavy atom. The molecular formula is C16H17F3N6S. The molecule has 6 nitrogen and oxygen atoms in total. The van der Waals surface area contributed by atoms with Crippen LogP contribution in [-0.4, -0.2) is 27.6 Å². The second-order valence-electron chi connectivity index (χ2n) is 5.57. The first kappa shape index (κ1) is 18.2. The molecule has 138 valence electrons. The van der Waals surface area contributed by atoms with E-state index in [0.29, 0.717) is 24.0 Å². The number of rotatable bonds is 4. The Morgan fingerprint density at radius 1 is 1.19 bits per heavy atom. The Bertz CT molecular complexity index is 928. The van der Waals surface area contributed by atoms with Crippen LogP contribution in [0, 0.1) is 6.92 Å². The normalized spacial score (nSPS) is 12.6. The molecule has 0 aromatic carbocycles. The number of aliphatic imine (C=N–C) groups is 1. The molecule has 3 rings (SSSR count). The molecule has 26 heavy (non-hydrogen) atoms. The molecule has 0 aliphatic heterocycles. The van der Waals surface area contributed by atoms with Gasteiger partial charge in [-0.05, 0) is 36.1 Å². The molecule has 0 spiro atoms. The van der Waals surface area contributed by atoms with Gasteiger partial charge in [-0.2, -0.15) is 13.2 Å². The SMILES string of the molecule is CN=C(NCc1sccc1C)NCc1nnc2ccc(C(F)(F)F)cn12. The summed E-state index contributed by atoms with van der Waals surface area (Å²) >= 11 is 1.65. The molecule has 0 amide bonds. The van der Waals surface area contributed by atoms with Crippen molar-refractivity contribution in [3.63, 3.8) is 0 Å². The molecule has 2 N–H and O–H groups in total. The number of aromatic nitrogens is 3. The van der Waals surface area contributed by atoms with Crippen molar-refractivity contribution in [1.82, 2.24) is 25.2 Å². The zero-order valence-corrected chi connectivity index (χ0v) is 14.9. The van der Waals surface area contributed by atoms with Crippen LogP contribution >= 0.6 is 11.3 Å². The number of halogens is 3. The zero-order chi connectivity index (χ0) is 18.7. The highest BCUT2D eigenvalue weighted by Crippen LogP contribution is 2.29. The van der Waals surface area contributed by atoms with E-state index >= 15 is 0 Å². The van der Waals surface area contributed by atoms with Gasteiger partial charge in [0.25, 0.3) is 0 Å². The number of nitrogens with zero attached hydrogens (tertiary/aromatic N) is 4. The van der Waals surface area contributed by atoms with Gasteiger partial charge in [0, 0.05) is 18.1 Å². The van der Waals surface area contributed by atoms with Crippen LogP contribution in [0.1, 0.15) is 21.8 Å². The number of aryl methyl sites for hydroxylation is 1. The fourth-order valence-corrected chi connectivity index (χ4v) is 3.20. The zero-order valence-electron chi connectivity index (χ0n) is 14.1. The molecule has 0 bridgehead atoms. The highest BCUT2D eigenvalue weighted by Gasteiger charge is 2.31. The lowest BCUT2D eigenvalue weighted by Gasteiger charge is -2.11. The molecule has 3 aromatic rings. The lowest BCUT2D eigenvalue weighted by molar-refractivity contribution is -0.137. The third kappa shape index (κ3) is 3.96. The van der Waals surface area contributed by atoms with Crippen LogP contribution in [0.25, 0.3) is 5.65 Å². The minimum Gasteiger partial charge on any atom is -0.352 e. The lowest BCUT2D eigenvalue weighted by atomic mass is 10.3. The highest BCUT2D eigenvalue weighted by atomic mass is 32.1. The minimum absolute atomic E-state index is 0.186. The predicted octanol–water partition coefficient (Wildman–Crippen LogP) is 2.98. The molecule has 0 fully saturated rings. The Labute approximate surface area is 151 Å². The van der Waals surface area contributed by atoms with Crippen molar-refractivity contribution >= 4 is 22.9 Å². The van der Waals surface area contributed by atoms with Gasteiger partial charge in [-0.3, -0.25) is 9.39 Å². The van der Waals surface area contributed by atoms with Crippen molar-refractivity contribution in [2.75, 3.05) is 7.05 Å². The molecule has 0 saturated carbocycles. The smallest absolute Gasteiger partial charge is 0.352 e. The average Bonchev–Trinajstić information content (AvgIpc) is 3.20. The first-order valence-electron chi connectivity index (χ1n) is 7.77. The Hall–Kier alpha value is -2.62. The fourth-order valence-electron chi connectivity index (χ4n) is 2.36. The predicted molar refractivity (Wildman–Crippen MR) is 94.1 cm³/mol. The molecule has 10 heteroatoms. The summed E-state index contributed by atoms with van der Waals surface area (Å²) in [5, 5.41) is 16.1. The van der Waals surface area contributed by atoms with Crippen LogP contribution in [0.5, 0.6) is 0 Å². The first-order valence-corrected chi connectivity index (χ1v) is 8.65. The second-order valence-corrected chi connectivity index (χ2v) is 6.57. The van der Waals surface area contributed by atoms with Crippen LogP contribution in [0.4, 0.5) is 13.2 Å². The molecule has 0 radical (unpaired) electrons. The molecular weight excluding hydrogens is 365 g/mol. The quantitative estimate of drug-likeness (QED) is 0.538.